The van der Waals surface area contributed by atoms with Crippen LogP contribution in [-0.4, -0.2) is 6.88 Å². The zero-order valence-electron chi connectivity index (χ0n) is 23.9. The van der Waals surface area contributed by atoms with Gasteiger partial charge >= 0.3 is 30.2 Å². The Bertz CT molecular complexity index is 1550. The van der Waals surface area contributed by atoms with E-state index in [1.54, 1.807) is 0 Å². The van der Waals surface area contributed by atoms with Crippen molar-refractivity contribution < 1.29 is 23.3 Å². The number of hydrogen-bond acceptors (Lipinski definition) is 0. The van der Waals surface area contributed by atoms with Gasteiger partial charge in [-0.05, 0) is 17.0 Å². The third-order valence-corrected chi connectivity index (χ3v) is 6.64. The Morgan fingerprint density at radius 2 is 1.20 bits per heavy atom. The van der Waals surface area contributed by atoms with Crippen LogP contribution in [0.3, 0.4) is 0 Å². The normalized spacial score (nSPS) is 9.47. The molecular formula is C36H38Cl2SiZr-4. The van der Waals surface area contributed by atoms with Crippen LogP contribution in [-0.2, 0) is 23.3 Å². The molecule has 0 fully saturated rings. The molecule has 0 amide bonds. The molecule has 2 radical (unpaired) electrons. The van der Waals surface area contributed by atoms with Crippen LogP contribution in [0.4, 0.5) is 0 Å². The molecule has 6 aromatic rings. The monoisotopic (exact) mass is 658 g/mol. The molecule has 0 spiro atoms. The molecule has 0 atom stereocenters. The average Bonchev–Trinajstić information content (AvgIpc) is 3.60. The molecule has 0 aliphatic rings. The van der Waals surface area contributed by atoms with Crippen molar-refractivity contribution in [1.82, 2.24) is 0 Å². The van der Waals surface area contributed by atoms with Gasteiger partial charge in [0.25, 0.3) is 0 Å². The van der Waals surface area contributed by atoms with Crippen LogP contribution >= 0.6 is 24.8 Å². The van der Waals surface area contributed by atoms with Gasteiger partial charge in [0.15, 0.2) is 0 Å². The second kappa shape index (κ2) is 18.3. The van der Waals surface area contributed by atoms with Crippen molar-refractivity contribution in [2.45, 2.75) is 26.7 Å². The first-order chi connectivity index (χ1) is 17.6. The standard InChI is InChI=1S/C18H17.C16H13.2CH3.2ClH.Si.Zr/c1-13(2)16-11-15-9-6-10-17(18(15)12-16)14-7-4-3-5-8-14;1-12-10-11-15(13-6-3-2-4-7-13)16-9-5-8-14(12)16;;;;;;/h3-13H,1-2H3;2-11H,1H3;2*1H3;2*1H;;/q4*-1;;;;. The Morgan fingerprint density at radius 3 is 1.75 bits per heavy atom. The van der Waals surface area contributed by atoms with E-state index < -0.39 is 0 Å². The second-order valence-electron chi connectivity index (χ2n) is 9.27. The number of rotatable bonds is 3. The quantitative estimate of drug-likeness (QED) is 0.131. The Kier molecular flexibility index (Phi) is 17.2. The minimum atomic E-state index is 0. The third-order valence-electron chi connectivity index (χ3n) is 6.64. The fraction of sp³-hybridized carbons (Fsp3) is 0.111. The predicted octanol–water partition coefficient (Wildman–Crippen LogP) is 11.2. The molecule has 40 heavy (non-hydrogen) atoms. The van der Waals surface area contributed by atoms with Crippen molar-refractivity contribution in [1.29, 1.82) is 0 Å². The molecule has 0 bridgehead atoms. The molecule has 6 rings (SSSR count). The van der Waals surface area contributed by atoms with Gasteiger partial charge in [-0.25, -0.2) is 0 Å². The van der Waals surface area contributed by atoms with E-state index in [1.807, 2.05) is 0 Å². The number of hydrogen-bond donors (Lipinski definition) is 0. The van der Waals surface area contributed by atoms with E-state index in [2.05, 4.69) is 149 Å². The fourth-order valence-electron chi connectivity index (χ4n) is 4.72. The summed E-state index contributed by atoms with van der Waals surface area (Å²) >= 11 is 1.36. The Labute approximate surface area is 271 Å². The maximum absolute atomic E-state index is 3.06. The molecule has 0 saturated heterocycles. The predicted molar refractivity (Wildman–Crippen MR) is 182 cm³/mol. The van der Waals surface area contributed by atoms with Gasteiger partial charge in [0.2, 0.25) is 0 Å². The zero-order chi connectivity index (χ0) is 25.5. The van der Waals surface area contributed by atoms with Gasteiger partial charge in [-0.1, -0.05) is 105 Å². The van der Waals surface area contributed by atoms with E-state index >= 15 is 0 Å². The van der Waals surface area contributed by atoms with Gasteiger partial charge in [-0.15, -0.1) is 87.8 Å². The van der Waals surface area contributed by atoms with Gasteiger partial charge < -0.3 is 14.9 Å². The van der Waals surface area contributed by atoms with Crippen molar-refractivity contribution in [3.63, 3.8) is 0 Å². The molecule has 0 aromatic heterocycles. The third kappa shape index (κ3) is 8.64. The molecule has 0 saturated carbocycles. The van der Waals surface area contributed by atoms with Crippen molar-refractivity contribution >= 4 is 53.2 Å². The molecule has 0 heterocycles. The SMILES string of the molecule is CC(C)c1cc2c(-c3ccccc3)cccc2[cH-]1.Cc1ccc(-c2ccccc2)c2cc[cH-]c12.Cl.Cl.[CH3-].[CH3-].[Si]=[Zr]. The van der Waals surface area contributed by atoms with Crippen LogP contribution in [0.1, 0.15) is 30.9 Å². The number of aryl methyl sites for hydroxylation is 1. The van der Waals surface area contributed by atoms with Crippen molar-refractivity contribution in [3.05, 3.63) is 147 Å². The number of benzene rings is 4. The molecule has 208 valence electrons. The Morgan fingerprint density at radius 1 is 0.650 bits per heavy atom. The topological polar surface area (TPSA) is 0 Å². The number of halogens is 2. The van der Waals surface area contributed by atoms with Gasteiger partial charge in [-0.2, -0.15) is 18.2 Å². The van der Waals surface area contributed by atoms with Crippen LogP contribution < -0.4 is 0 Å². The molecule has 0 aliphatic heterocycles. The van der Waals surface area contributed by atoms with Gasteiger partial charge in [-0.3, -0.25) is 0 Å². The zero-order valence-corrected chi connectivity index (χ0v) is 29.0. The van der Waals surface area contributed by atoms with Crippen LogP contribution in [0.5, 0.6) is 0 Å². The molecule has 0 aliphatic carbocycles. The minimum absolute atomic E-state index is 0. The Hall–Kier alpha value is -2.22. The first-order valence-corrected chi connectivity index (χ1v) is 16.5. The summed E-state index contributed by atoms with van der Waals surface area (Å²) in [6, 6.07) is 43.3. The van der Waals surface area contributed by atoms with Gasteiger partial charge in [0, 0.05) is 0 Å². The molecule has 0 N–H and O–H groups in total. The summed E-state index contributed by atoms with van der Waals surface area (Å²) in [5, 5.41) is 5.43. The van der Waals surface area contributed by atoms with Crippen LogP contribution in [0.2, 0.25) is 0 Å². The molecule has 0 nitrogen and oxygen atoms in total. The van der Waals surface area contributed by atoms with E-state index in [-0.39, 0.29) is 39.7 Å². The van der Waals surface area contributed by atoms with E-state index in [1.165, 1.54) is 78.3 Å². The van der Waals surface area contributed by atoms with Gasteiger partial charge in [0.1, 0.15) is 0 Å². The molecule has 4 heteroatoms. The first kappa shape index (κ1) is 37.8. The van der Waals surface area contributed by atoms with E-state index in [9.17, 15) is 0 Å². The summed E-state index contributed by atoms with van der Waals surface area (Å²) in [5.74, 6) is 0.584. The summed E-state index contributed by atoms with van der Waals surface area (Å²) in [4.78, 5) is 0. The average molecular weight is 661 g/mol. The van der Waals surface area contributed by atoms with E-state index in [4.69, 9.17) is 0 Å². The molecule has 6 aromatic carbocycles. The van der Waals surface area contributed by atoms with E-state index in [0.29, 0.717) is 5.92 Å². The van der Waals surface area contributed by atoms with Crippen LogP contribution in [0.15, 0.2) is 121 Å². The van der Waals surface area contributed by atoms with E-state index in [0.717, 1.165) is 0 Å². The van der Waals surface area contributed by atoms with Crippen molar-refractivity contribution in [2.24, 2.45) is 0 Å². The fourth-order valence-corrected chi connectivity index (χ4v) is 4.72. The summed E-state index contributed by atoms with van der Waals surface area (Å²) in [5.41, 5.74) is 8.02. The Balaban J connectivity index is 0.000000657. The van der Waals surface area contributed by atoms with Crippen LogP contribution in [0, 0.1) is 21.8 Å². The number of fused-ring (bicyclic) bond motifs is 2. The maximum atomic E-state index is 3.06. The molecule has 0 unspecified atom stereocenters. The van der Waals surface area contributed by atoms with Crippen LogP contribution in [0.25, 0.3) is 43.8 Å². The first-order valence-electron chi connectivity index (χ1n) is 12.3. The summed E-state index contributed by atoms with van der Waals surface area (Å²) in [6.45, 7) is 9.72. The van der Waals surface area contributed by atoms with Crippen molar-refractivity contribution in [2.75, 3.05) is 0 Å². The van der Waals surface area contributed by atoms with Crippen molar-refractivity contribution in [3.8, 4) is 22.3 Å². The second-order valence-corrected chi connectivity index (χ2v) is 9.27. The van der Waals surface area contributed by atoms with Gasteiger partial charge in [0.05, 0.1) is 0 Å². The molecular weight excluding hydrogens is 623 g/mol. The summed E-state index contributed by atoms with van der Waals surface area (Å²) < 4.78 is 0. The summed E-state index contributed by atoms with van der Waals surface area (Å²) in [6.07, 6.45) is 0. The summed E-state index contributed by atoms with van der Waals surface area (Å²) in [7, 11) is 0.